The van der Waals surface area contributed by atoms with Crippen LogP contribution in [0, 0.1) is 0 Å². The number of hydrogen-bond donors (Lipinski definition) is 1. The number of hydrogen-bond acceptors (Lipinski definition) is 3. The van der Waals surface area contributed by atoms with Crippen molar-refractivity contribution < 1.29 is 14.3 Å². The van der Waals surface area contributed by atoms with Crippen LogP contribution in [0.5, 0.6) is 5.75 Å². The molecule has 3 rings (SSSR count). The van der Waals surface area contributed by atoms with Gasteiger partial charge >= 0.3 is 0 Å². The van der Waals surface area contributed by atoms with Gasteiger partial charge in [0, 0.05) is 17.6 Å². The fourth-order valence-corrected chi connectivity index (χ4v) is 3.55. The summed E-state index contributed by atoms with van der Waals surface area (Å²) < 4.78 is 6.59. The number of benzene rings is 2. The molecule has 0 bridgehead atoms. The summed E-state index contributed by atoms with van der Waals surface area (Å²) in [4.78, 5) is 27.6. The lowest BCUT2D eigenvalue weighted by Crippen LogP contribution is -2.28. The Morgan fingerprint density at radius 3 is 2.61 bits per heavy atom. The molecule has 1 N–H and O–H groups in total. The van der Waals surface area contributed by atoms with Gasteiger partial charge in [0.1, 0.15) is 5.75 Å². The van der Waals surface area contributed by atoms with Crippen LogP contribution >= 0.6 is 15.9 Å². The molecule has 0 saturated carbocycles. The van der Waals surface area contributed by atoms with E-state index in [1.165, 1.54) is 0 Å². The van der Waals surface area contributed by atoms with Crippen LogP contribution in [0.2, 0.25) is 0 Å². The first kappa shape index (κ1) is 20.4. The fraction of sp³-hybridized carbons (Fsp3) is 0.364. The minimum Gasteiger partial charge on any atom is -0.493 e. The third-order valence-electron chi connectivity index (χ3n) is 4.74. The Hall–Kier alpha value is -2.34. The van der Waals surface area contributed by atoms with E-state index in [2.05, 4.69) is 28.2 Å². The maximum Gasteiger partial charge on any atom is 0.259 e. The molecule has 0 aliphatic carbocycles. The third-order valence-corrected chi connectivity index (χ3v) is 5.23. The van der Waals surface area contributed by atoms with Crippen molar-refractivity contribution in [1.29, 1.82) is 0 Å². The minimum absolute atomic E-state index is 0.0398. The van der Waals surface area contributed by atoms with Crippen molar-refractivity contribution >= 4 is 33.4 Å². The molecule has 1 aliphatic rings. The van der Waals surface area contributed by atoms with Gasteiger partial charge in [-0.05, 0) is 49.6 Å². The van der Waals surface area contributed by atoms with E-state index in [0.717, 1.165) is 43.2 Å². The molecular weight excluding hydrogens is 420 g/mol. The molecule has 0 unspecified atom stereocenters. The average molecular weight is 445 g/mol. The summed E-state index contributed by atoms with van der Waals surface area (Å²) in [6.07, 6.45) is 3.99. The van der Waals surface area contributed by atoms with Gasteiger partial charge in [-0.3, -0.25) is 9.59 Å². The second kappa shape index (κ2) is 9.73. The molecule has 2 aromatic rings. The van der Waals surface area contributed by atoms with Gasteiger partial charge in [-0.25, -0.2) is 0 Å². The minimum atomic E-state index is -0.297. The molecule has 28 heavy (non-hydrogen) atoms. The van der Waals surface area contributed by atoms with Crippen molar-refractivity contribution in [2.24, 2.45) is 0 Å². The number of ether oxygens (including phenoxy) is 1. The number of unbranched alkanes of at least 4 members (excludes halogenated alkanes) is 1. The Morgan fingerprint density at radius 1 is 1.11 bits per heavy atom. The summed E-state index contributed by atoms with van der Waals surface area (Å²) in [6.45, 7) is 4.18. The van der Waals surface area contributed by atoms with Gasteiger partial charge in [-0.15, -0.1) is 0 Å². The van der Waals surface area contributed by atoms with E-state index >= 15 is 0 Å². The number of halogens is 1. The Bertz CT molecular complexity index is 847. The summed E-state index contributed by atoms with van der Waals surface area (Å²) in [5.41, 5.74) is 1.47. The number of amides is 2. The van der Waals surface area contributed by atoms with Gasteiger partial charge in [-0.1, -0.05) is 41.4 Å². The Balaban J connectivity index is 1.82. The maximum atomic E-state index is 13.0. The topological polar surface area (TPSA) is 58.6 Å². The molecular formula is C22H25BrN2O3. The van der Waals surface area contributed by atoms with Crippen LogP contribution in [-0.4, -0.2) is 36.4 Å². The summed E-state index contributed by atoms with van der Waals surface area (Å²) in [5, 5.41) is 2.90. The van der Waals surface area contributed by atoms with Crippen LogP contribution in [0.15, 0.2) is 46.9 Å². The fourth-order valence-electron chi connectivity index (χ4n) is 3.19. The first-order chi connectivity index (χ1) is 13.6. The number of rotatable bonds is 7. The van der Waals surface area contributed by atoms with E-state index < -0.39 is 0 Å². The van der Waals surface area contributed by atoms with Gasteiger partial charge in [0.05, 0.1) is 23.4 Å². The van der Waals surface area contributed by atoms with Gasteiger partial charge < -0.3 is 15.0 Å². The summed E-state index contributed by atoms with van der Waals surface area (Å²) in [5.74, 6) is 0.203. The van der Waals surface area contributed by atoms with Gasteiger partial charge in [0.15, 0.2) is 0 Å². The number of anilines is 1. The number of nitrogens with one attached hydrogen (secondary N) is 1. The van der Waals surface area contributed by atoms with Gasteiger partial charge in [0.2, 0.25) is 0 Å². The largest absolute Gasteiger partial charge is 0.493 e. The Kier molecular flexibility index (Phi) is 7.09. The standard InChI is InChI=1S/C22H25BrN2O3/c1-2-3-14-28-20-11-10-16(23)15-18(20)21(26)24-19-9-5-4-8-17(19)22(27)25-12-6-7-13-25/h4-5,8-11,15H,2-3,6-7,12-14H2,1H3,(H,24,26). The number of para-hydroxylation sites is 1. The Labute approximate surface area is 174 Å². The monoisotopic (exact) mass is 444 g/mol. The average Bonchev–Trinajstić information content (AvgIpc) is 3.24. The Morgan fingerprint density at radius 2 is 1.86 bits per heavy atom. The highest BCUT2D eigenvalue weighted by Gasteiger charge is 2.23. The van der Waals surface area contributed by atoms with Crippen LogP contribution in [0.25, 0.3) is 0 Å². The molecule has 2 aromatic carbocycles. The van der Waals surface area contributed by atoms with Crippen LogP contribution in [0.1, 0.15) is 53.3 Å². The normalized spacial score (nSPS) is 13.4. The molecule has 0 radical (unpaired) electrons. The lowest BCUT2D eigenvalue weighted by atomic mass is 10.1. The highest BCUT2D eigenvalue weighted by molar-refractivity contribution is 9.10. The zero-order valence-corrected chi connectivity index (χ0v) is 17.6. The first-order valence-electron chi connectivity index (χ1n) is 9.72. The lowest BCUT2D eigenvalue weighted by molar-refractivity contribution is 0.0794. The van der Waals surface area contributed by atoms with Crippen molar-refractivity contribution in [3.8, 4) is 5.75 Å². The van der Waals surface area contributed by atoms with Crippen LogP contribution in [0.3, 0.4) is 0 Å². The zero-order chi connectivity index (χ0) is 19.9. The molecule has 1 fully saturated rings. The number of nitrogens with zero attached hydrogens (tertiary/aromatic N) is 1. The summed E-state index contributed by atoms with van der Waals surface area (Å²) >= 11 is 3.42. The smallest absolute Gasteiger partial charge is 0.259 e. The van der Waals surface area contributed by atoms with Gasteiger partial charge in [0.25, 0.3) is 11.8 Å². The zero-order valence-electron chi connectivity index (χ0n) is 16.0. The number of likely N-dealkylation sites (tertiary alicyclic amines) is 1. The predicted octanol–water partition coefficient (Wildman–Crippen LogP) is 5.12. The van der Waals surface area contributed by atoms with Crippen LogP contribution < -0.4 is 10.1 Å². The highest BCUT2D eigenvalue weighted by atomic mass is 79.9. The predicted molar refractivity (Wildman–Crippen MR) is 114 cm³/mol. The van der Waals surface area contributed by atoms with Crippen molar-refractivity contribution in [1.82, 2.24) is 4.90 Å². The van der Waals surface area contributed by atoms with E-state index in [9.17, 15) is 9.59 Å². The molecule has 0 atom stereocenters. The highest BCUT2D eigenvalue weighted by Crippen LogP contribution is 2.26. The van der Waals surface area contributed by atoms with Crippen molar-refractivity contribution in [3.05, 3.63) is 58.1 Å². The maximum absolute atomic E-state index is 13.0. The lowest BCUT2D eigenvalue weighted by Gasteiger charge is -2.18. The van der Waals surface area contributed by atoms with Gasteiger partial charge in [-0.2, -0.15) is 0 Å². The molecule has 148 valence electrons. The molecule has 2 amide bonds. The first-order valence-corrected chi connectivity index (χ1v) is 10.5. The number of carbonyl (C=O) groups is 2. The van der Waals surface area contributed by atoms with E-state index in [-0.39, 0.29) is 11.8 Å². The van der Waals surface area contributed by atoms with E-state index in [0.29, 0.717) is 29.2 Å². The van der Waals surface area contributed by atoms with E-state index in [4.69, 9.17) is 4.74 Å². The third kappa shape index (κ3) is 4.93. The second-order valence-corrected chi connectivity index (χ2v) is 7.76. The summed E-state index contributed by atoms with van der Waals surface area (Å²) in [7, 11) is 0. The molecule has 0 aromatic heterocycles. The molecule has 6 heteroatoms. The van der Waals surface area contributed by atoms with Crippen molar-refractivity contribution in [2.45, 2.75) is 32.6 Å². The van der Waals surface area contributed by atoms with E-state index in [1.54, 1.807) is 24.3 Å². The molecule has 1 saturated heterocycles. The molecule has 0 spiro atoms. The molecule has 1 heterocycles. The number of carbonyl (C=O) groups excluding carboxylic acids is 2. The summed E-state index contributed by atoms with van der Waals surface area (Å²) in [6, 6.07) is 12.5. The molecule has 5 nitrogen and oxygen atoms in total. The van der Waals surface area contributed by atoms with Crippen LogP contribution in [-0.2, 0) is 0 Å². The quantitative estimate of drug-likeness (QED) is 0.603. The van der Waals surface area contributed by atoms with E-state index in [1.807, 2.05) is 23.1 Å². The van der Waals surface area contributed by atoms with Crippen LogP contribution in [0.4, 0.5) is 5.69 Å². The SMILES string of the molecule is CCCCOc1ccc(Br)cc1C(=O)Nc1ccccc1C(=O)N1CCCC1. The molecule has 1 aliphatic heterocycles. The van der Waals surface area contributed by atoms with Crippen molar-refractivity contribution in [2.75, 3.05) is 25.0 Å². The van der Waals surface area contributed by atoms with Crippen molar-refractivity contribution in [3.63, 3.8) is 0 Å². The second-order valence-electron chi connectivity index (χ2n) is 6.84.